The van der Waals surface area contributed by atoms with Gasteiger partial charge in [0.05, 0.1) is 7.11 Å². The fraction of sp³-hybridized carbons (Fsp3) is 0.500. The first-order chi connectivity index (χ1) is 9.91. The number of rotatable bonds is 5. The Morgan fingerprint density at radius 1 is 1.38 bits per heavy atom. The molecule has 0 saturated heterocycles. The fourth-order valence-electron chi connectivity index (χ4n) is 2.99. The molecule has 0 aliphatic carbocycles. The molecular formula is C18H25NO2. The van der Waals surface area contributed by atoms with E-state index in [2.05, 4.69) is 37.8 Å². The van der Waals surface area contributed by atoms with Gasteiger partial charge < -0.3 is 9.64 Å². The number of unbranched alkanes of at least 4 members (excludes halogenated alkanes) is 1. The Morgan fingerprint density at radius 3 is 2.67 bits per heavy atom. The number of carbonyl (C=O) groups excluding carboxylic acids is 1. The van der Waals surface area contributed by atoms with Crippen molar-refractivity contribution in [2.75, 3.05) is 18.6 Å². The van der Waals surface area contributed by atoms with Crippen molar-refractivity contribution in [3.05, 3.63) is 35.5 Å². The number of methoxy groups -OCH3 is 1. The van der Waals surface area contributed by atoms with E-state index in [-0.39, 0.29) is 11.2 Å². The monoisotopic (exact) mass is 287 g/mol. The van der Waals surface area contributed by atoms with Gasteiger partial charge in [-0.2, -0.15) is 0 Å². The van der Waals surface area contributed by atoms with E-state index in [1.165, 1.54) is 11.3 Å². The molecule has 1 aromatic rings. The molecule has 1 aliphatic rings. The molecule has 21 heavy (non-hydrogen) atoms. The second-order valence-electron chi connectivity index (χ2n) is 6.15. The third kappa shape index (κ3) is 2.82. The Hall–Kier alpha value is -1.77. The molecule has 1 aliphatic heterocycles. The first kappa shape index (κ1) is 15.6. The van der Waals surface area contributed by atoms with Crippen molar-refractivity contribution in [3.63, 3.8) is 0 Å². The van der Waals surface area contributed by atoms with Gasteiger partial charge in [-0.15, -0.1) is 0 Å². The number of fused-ring (bicyclic) bond motifs is 1. The maximum absolute atomic E-state index is 11.7. The van der Waals surface area contributed by atoms with Gasteiger partial charge in [0.25, 0.3) is 0 Å². The normalized spacial score (nSPS) is 18.0. The van der Waals surface area contributed by atoms with Crippen LogP contribution < -0.4 is 9.64 Å². The third-order valence-corrected chi connectivity index (χ3v) is 4.17. The highest BCUT2D eigenvalue weighted by molar-refractivity contribution is 5.90. The SMILES string of the molecule is CCCCN1C(=CC(C)=O)C(C)(C)c2cc(OC)ccc21. The highest BCUT2D eigenvalue weighted by atomic mass is 16.5. The molecule has 3 nitrogen and oxygen atoms in total. The van der Waals surface area contributed by atoms with E-state index in [9.17, 15) is 4.79 Å². The van der Waals surface area contributed by atoms with Crippen LogP contribution in [0.2, 0.25) is 0 Å². The highest BCUT2D eigenvalue weighted by Crippen LogP contribution is 2.48. The lowest BCUT2D eigenvalue weighted by Crippen LogP contribution is -2.27. The van der Waals surface area contributed by atoms with Gasteiger partial charge >= 0.3 is 0 Å². The van der Waals surface area contributed by atoms with E-state index >= 15 is 0 Å². The van der Waals surface area contributed by atoms with Crippen molar-refractivity contribution < 1.29 is 9.53 Å². The Morgan fingerprint density at radius 2 is 2.10 bits per heavy atom. The molecule has 0 fully saturated rings. The van der Waals surface area contributed by atoms with Crippen LogP contribution in [0.1, 0.15) is 46.1 Å². The van der Waals surface area contributed by atoms with Gasteiger partial charge in [-0.1, -0.05) is 27.2 Å². The Balaban J connectivity index is 2.55. The molecule has 0 bridgehead atoms. The number of allylic oxidation sites excluding steroid dienone is 2. The second kappa shape index (κ2) is 5.92. The van der Waals surface area contributed by atoms with Gasteiger partial charge in [-0.3, -0.25) is 4.79 Å². The third-order valence-electron chi connectivity index (χ3n) is 4.17. The maximum Gasteiger partial charge on any atom is 0.154 e. The van der Waals surface area contributed by atoms with Crippen LogP contribution in [-0.4, -0.2) is 19.4 Å². The number of hydrogen-bond acceptors (Lipinski definition) is 3. The van der Waals surface area contributed by atoms with Crippen LogP contribution >= 0.6 is 0 Å². The van der Waals surface area contributed by atoms with Crippen molar-refractivity contribution in [2.45, 2.75) is 46.0 Å². The maximum atomic E-state index is 11.7. The molecule has 3 heteroatoms. The van der Waals surface area contributed by atoms with Gasteiger partial charge in [0.1, 0.15) is 5.75 Å². The molecule has 0 spiro atoms. The van der Waals surface area contributed by atoms with Gasteiger partial charge in [0.15, 0.2) is 5.78 Å². The van der Waals surface area contributed by atoms with E-state index < -0.39 is 0 Å². The van der Waals surface area contributed by atoms with Gasteiger partial charge in [0, 0.05) is 29.4 Å². The Labute approximate surface area is 127 Å². The lowest BCUT2D eigenvalue weighted by atomic mass is 9.83. The van der Waals surface area contributed by atoms with Crippen molar-refractivity contribution in [1.82, 2.24) is 0 Å². The number of ether oxygens (including phenoxy) is 1. The summed E-state index contributed by atoms with van der Waals surface area (Å²) < 4.78 is 5.36. The summed E-state index contributed by atoms with van der Waals surface area (Å²) in [6.45, 7) is 9.09. The smallest absolute Gasteiger partial charge is 0.154 e. The zero-order valence-electron chi connectivity index (χ0n) is 13.7. The average molecular weight is 287 g/mol. The number of anilines is 1. The number of nitrogens with zero attached hydrogens (tertiary/aromatic N) is 1. The van der Waals surface area contributed by atoms with Gasteiger partial charge in [0.2, 0.25) is 0 Å². The molecule has 0 unspecified atom stereocenters. The molecule has 0 atom stereocenters. The number of ketones is 1. The minimum Gasteiger partial charge on any atom is -0.497 e. The predicted molar refractivity (Wildman–Crippen MR) is 87.0 cm³/mol. The zero-order valence-corrected chi connectivity index (χ0v) is 13.7. The van der Waals surface area contributed by atoms with Crippen molar-refractivity contribution in [2.24, 2.45) is 0 Å². The topological polar surface area (TPSA) is 29.5 Å². The number of benzene rings is 1. The summed E-state index contributed by atoms with van der Waals surface area (Å²) in [6.07, 6.45) is 4.02. The predicted octanol–water partition coefficient (Wildman–Crippen LogP) is 4.07. The minimum atomic E-state index is -0.177. The average Bonchev–Trinajstić information content (AvgIpc) is 2.64. The Kier molecular flexibility index (Phi) is 4.40. The van der Waals surface area contributed by atoms with Crippen LogP contribution in [0, 0.1) is 0 Å². The summed E-state index contributed by atoms with van der Waals surface area (Å²) >= 11 is 0. The lowest BCUT2D eigenvalue weighted by Gasteiger charge is -2.26. The summed E-state index contributed by atoms with van der Waals surface area (Å²) in [7, 11) is 1.69. The standard InChI is InChI=1S/C18H25NO2/c1-6-7-10-19-16-9-8-14(21-5)12-15(16)18(3,4)17(19)11-13(2)20/h8-9,11-12H,6-7,10H2,1-5H3. The molecule has 1 aromatic carbocycles. The molecule has 0 N–H and O–H groups in total. The lowest BCUT2D eigenvalue weighted by molar-refractivity contribution is -0.112. The molecule has 0 saturated carbocycles. The molecular weight excluding hydrogens is 262 g/mol. The van der Waals surface area contributed by atoms with E-state index in [1.807, 2.05) is 6.07 Å². The van der Waals surface area contributed by atoms with Crippen molar-refractivity contribution in [3.8, 4) is 5.75 Å². The minimum absolute atomic E-state index is 0.0966. The molecule has 2 rings (SSSR count). The van der Waals surface area contributed by atoms with Crippen LogP contribution in [-0.2, 0) is 10.2 Å². The van der Waals surface area contributed by atoms with Crippen LogP contribution in [0.5, 0.6) is 5.75 Å². The van der Waals surface area contributed by atoms with Crippen molar-refractivity contribution in [1.29, 1.82) is 0 Å². The van der Waals surface area contributed by atoms with Crippen LogP contribution in [0.4, 0.5) is 5.69 Å². The molecule has 1 heterocycles. The van der Waals surface area contributed by atoms with E-state index in [0.717, 1.165) is 30.8 Å². The molecule has 114 valence electrons. The summed E-state index contributed by atoms with van der Waals surface area (Å²) in [5, 5.41) is 0. The summed E-state index contributed by atoms with van der Waals surface area (Å²) in [5.41, 5.74) is 3.34. The number of carbonyl (C=O) groups is 1. The second-order valence-corrected chi connectivity index (χ2v) is 6.15. The molecule has 0 radical (unpaired) electrons. The largest absolute Gasteiger partial charge is 0.497 e. The molecule has 0 amide bonds. The first-order valence-electron chi connectivity index (χ1n) is 7.60. The van der Waals surface area contributed by atoms with E-state index in [4.69, 9.17) is 4.74 Å². The molecule has 0 aromatic heterocycles. The van der Waals surface area contributed by atoms with Crippen LogP contribution in [0.25, 0.3) is 0 Å². The highest BCUT2D eigenvalue weighted by Gasteiger charge is 2.40. The van der Waals surface area contributed by atoms with Crippen molar-refractivity contribution >= 4 is 11.5 Å². The van der Waals surface area contributed by atoms with Gasteiger partial charge in [-0.05, 0) is 37.1 Å². The van der Waals surface area contributed by atoms with Crippen LogP contribution in [0.15, 0.2) is 30.0 Å². The summed E-state index contributed by atoms with van der Waals surface area (Å²) in [5.74, 6) is 0.959. The van der Waals surface area contributed by atoms with Gasteiger partial charge in [-0.25, -0.2) is 0 Å². The summed E-state index contributed by atoms with van der Waals surface area (Å²) in [6, 6.07) is 6.19. The quantitative estimate of drug-likeness (QED) is 0.765. The summed E-state index contributed by atoms with van der Waals surface area (Å²) in [4.78, 5) is 13.9. The van der Waals surface area contributed by atoms with Crippen LogP contribution in [0.3, 0.4) is 0 Å². The fourth-order valence-corrected chi connectivity index (χ4v) is 2.99. The van der Waals surface area contributed by atoms with E-state index in [1.54, 1.807) is 20.1 Å². The Bertz CT molecular complexity index is 573. The number of hydrogen-bond donors (Lipinski definition) is 0. The zero-order chi connectivity index (χ0) is 15.6. The van der Waals surface area contributed by atoms with E-state index in [0.29, 0.717) is 0 Å². The first-order valence-corrected chi connectivity index (χ1v) is 7.60.